The van der Waals surface area contributed by atoms with E-state index in [0.717, 1.165) is 4.88 Å². The van der Waals surface area contributed by atoms with Crippen LogP contribution in [0.25, 0.3) is 11.1 Å². The Morgan fingerprint density at radius 1 is 1.33 bits per heavy atom. The van der Waals surface area contributed by atoms with Gasteiger partial charge in [0.25, 0.3) is 0 Å². The predicted molar refractivity (Wildman–Crippen MR) is 94.2 cm³/mol. The van der Waals surface area contributed by atoms with Crippen LogP contribution in [0, 0.1) is 0 Å². The van der Waals surface area contributed by atoms with E-state index in [1.807, 2.05) is 6.92 Å². The molecule has 2 aromatic heterocycles. The van der Waals surface area contributed by atoms with Gasteiger partial charge in [-0.25, -0.2) is 17.9 Å². The molecule has 0 amide bonds. The summed E-state index contributed by atoms with van der Waals surface area (Å²) in [6.45, 7) is 4.01. The maximum Gasteiger partial charge on any atom is 0.419 e. The molecule has 0 aliphatic heterocycles. The largest absolute Gasteiger partial charge is 0.419 e. The summed E-state index contributed by atoms with van der Waals surface area (Å²) in [6, 6.07) is 7.48. The van der Waals surface area contributed by atoms with Crippen LogP contribution in [-0.2, 0) is 16.6 Å². The average Bonchev–Trinajstić information content (AvgIpc) is 3.08. The number of thiophene rings is 1. The van der Waals surface area contributed by atoms with Crippen LogP contribution in [0.1, 0.15) is 24.8 Å². The van der Waals surface area contributed by atoms with E-state index in [9.17, 15) is 13.2 Å². The number of nitrogens with zero attached hydrogens (tertiary/aromatic N) is 1. The van der Waals surface area contributed by atoms with Crippen LogP contribution in [0.2, 0.25) is 4.34 Å². The molecule has 0 fully saturated rings. The molecule has 1 N–H and O–H groups in total. The second kappa shape index (κ2) is 6.36. The summed E-state index contributed by atoms with van der Waals surface area (Å²) >= 11 is 7.20. The third kappa shape index (κ3) is 3.14. The number of nitrogens with one attached hydrogen (secondary N) is 1. The van der Waals surface area contributed by atoms with E-state index in [1.165, 1.54) is 28.0 Å². The van der Waals surface area contributed by atoms with Crippen LogP contribution < -0.4 is 10.5 Å². The van der Waals surface area contributed by atoms with Gasteiger partial charge in [-0.1, -0.05) is 11.6 Å². The molecule has 6 nitrogen and oxygen atoms in total. The summed E-state index contributed by atoms with van der Waals surface area (Å²) in [6.07, 6.45) is 0. The van der Waals surface area contributed by atoms with Gasteiger partial charge in [-0.05, 0) is 38.1 Å². The fourth-order valence-corrected chi connectivity index (χ4v) is 4.81. The molecule has 3 rings (SSSR count). The number of halogens is 1. The maximum absolute atomic E-state index is 12.6. The number of hydrogen-bond acceptors (Lipinski definition) is 5. The first-order valence-corrected chi connectivity index (χ1v) is 9.90. The van der Waals surface area contributed by atoms with Crippen molar-refractivity contribution in [1.82, 2.24) is 9.29 Å². The van der Waals surface area contributed by atoms with Crippen molar-refractivity contribution in [2.45, 2.75) is 31.3 Å². The van der Waals surface area contributed by atoms with Crippen LogP contribution >= 0.6 is 22.9 Å². The van der Waals surface area contributed by atoms with Crippen LogP contribution in [0.3, 0.4) is 0 Å². The van der Waals surface area contributed by atoms with Crippen LogP contribution in [0.15, 0.2) is 44.4 Å². The minimum Gasteiger partial charge on any atom is -0.408 e. The molecule has 0 radical (unpaired) electrons. The first-order valence-electron chi connectivity index (χ1n) is 7.23. The highest BCUT2D eigenvalue weighted by Crippen LogP contribution is 2.28. The average molecular weight is 387 g/mol. The fraction of sp³-hybridized carbons (Fsp3) is 0.267. The monoisotopic (exact) mass is 386 g/mol. The highest BCUT2D eigenvalue weighted by Gasteiger charge is 2.21. The highest BCUT2D eigenvalue weighted by atomic mass is 35.5. The Labute approximate surface area is 147 Å². The zero-order chi connectivity index (χ0) is 17.5. The van der Waals surface area contributed by atoms with Gasteiger partial charge in [0.15, 0.2) is 5.58 Å². The number of oxazole rings is 1. The SMILES string of the molecule is CCn1c(=O)oc2cc(S(=O)(=O)N[C@H](C)c3ccc(Cl)s3)ccc21. The van der Waals surface area contributed by atoms with Gasteiger partial charge in [-0.2, -0.15) is 0 Å². The quantitative estimate of drug-likeness (QED) is 0.728. The van der Waals surface area contributed by atoms with E-state index in [2.05, 4.69) is 4.72 Å². The van der Waals surface area contributed by atoms with E-state index < -0.39 is 21.8 Å². The van der Waals surface area contributed by atoms with Crippen molar-refractivity contribution in [2.75, 3.05) is 0 Å². The molecule has 3 aromatic rings. The summed E-state index contributed by atoms with van der Waals surface area (Å²) in [5, 5.41) is 0. The molecule has 0 aliphatic rings. The first-order chi connectivity index (χ1) is 11.3. The molecule has 1 atom stereocenters. The van der Waals surface area contributed by atoms with Gasteiger partial charge in [-0.15, -0.1) is 11.3 Å². The Hall–Kier alpha value is -1.61. The number of aryl methyl sites for hydroxylation is 1. The normalized spacial score (nSPS) is 13.5. The highest BCUT2D eigenvalue weighted by molar-refractivity contribution is 7.89. The smallest absolute Gasteiger partial charge is 0.408 e. The summed E-state index contributed by atoms with van der Waals surface area (Å²) in [7, 11) is -3.76. The number of fused-ring (bicyclic) bond motifs is 1. The lowest BCUT2D eigenvalue weighted by Gasteiger charge is -2.12. The molecule has 9 heteroatoms. The molecule has 128 valence electrons. The number of sulfonamides is 1. The van der Waals surface area contributed by atoms with Crippen molar-refractivity contribution in [1.29, 1.82) is 0 Å². The van der Waals surface area contributed by atoms with Crippen LogP contribution in [-0.4, -0.2) is 13.0 Å². The van der Waals surface area contributed by atoms with Gasteiger partial charge in [0.1, 0.15) is 0 Å². The molecular formula is C15H15ClN2O4S2. The molecule has 0 saturated carbocycles. The minimum absolute atomic E-state index is 0.0431. The summed E-state index contributed by atoms with van der Waals surface area (Å²) < 4.78 is 34.9. The fourth-order valence-electron chi connectivity index (χ4n) is 2.43. The third-order valence-electron chi connectivity index (χ3n) is 3.62. The van der Waals surface area contributed by atoms with Crippen LogP contribution in [0.4, 0.5) is 0 Å². The maximum atomic E-state index is 12.6. The second-order valence-corrected chi connectivity index (χ2v) is 8.69. The van der Waals surface area contributed by atoms with Gasteiger partial charge in [0.2, 0.25) is 10.0 Å². The molecule has 0 saturated heterocycles. The minimum atomic E-state index is -3.76. The molecule has 24 heavy (non-hydrogen) atoms. The van der Waals surface area contributed by atoms with Crippen molar-refractivity contribution in [3.8, 4) is 0 Å². The van der Waals surface area contributed by atoms with Gasteiger partial charge < -0.3 is 4.42 Å². The second-order valence-electron chi connectivity index (χ2n) is 5.23. The number of hydrogen-bond donors (Lipinski definition) is 1. The van der Waals surface area contributed by atoms with Gasteiger partial charge in [-0.3, -0.25) is 4.57 Å². The first kappa shape index (κ1) is 17.2. The topological polar surface area (TPSA) is 81.3 Å². The number of aromatic nitrogens is 1. The molecular weight excluding hydrogens is 372 g/mol. The molecule has 1 aromatic carbocycles. The molecule has 2 heterocycles. The van der Waals surface area contributed by atoms with E-state index in [-0.39, 0.29) is 10.5 Å². The Kier molecular flexibility index (Phi) is 4.56. The molecule has 0 aliphatic carbocycles. The third-order valence-corrected chi connectivity index (χ3v) is 6.57. The lowest BCUT2D eigenvalue weighted by Crippen LogP contribution is -2.26. The zero-order valence-electron chi connectivity index (χ0n) is 12.9. The van der Waals surface area contributed by atoms with Crippen molar-refractivity contribution in [3.63, 3.8) is 0 Å². The van der Waals surface area contributed by atoms with Gasteiger partial charge in [0, 0.05) is 17.5 Å². The standard InChI is InChI=1S/C15H15ClN2O4S2/c1-3-18-11-5-4-10(8-12(11)22-15(18)19)24(20,21)17-9(2)13-6-7-14(16)23-13/h4-9,17H,3H2,1-2H3/t9-/m1/s1. The molecule has 0 bridgehead atoms. The van der Waals surface area contributed by atoms with Crippen molar-refractivity contribution >= 4 is 44.1 Å². The summed E-state index contributed by atoms with van der Waals surface area (Å²) in [4.78, 5) is 12.6. The zero-order valence-corrected chi connectivity index (χ0v) is 15.3. The summed E-state index contributed by atoms with van der Waals surface area (Å²) in [5.74, 6) is -0.503. The number of rotatable bonds is 5. The van der Waals surface area contributed by atoms with Crippen molar-refractivity contribution < 1.29 is 12.8 Å². The van der Waals surface area contributed by atoms with E-state index in [4.69, 9.17) is 16.0 Å². The lowest BCUT2D eigenvalue weighted by atomic mass is 10.3. The van der Waals surface area contributed by atoms with Gasteiger partial charge >= 0.3 is 5.76 Å². The van der Waals surface area contributed by atoms with Crippen LogP contribution in [0.5, 0.6) is 0 Å². The van der Waals surface area contributed by atoms with E-state index in [0.29, 0.717) is 16.4 Å². The van der Waals surface area contributed by atoms with Gasteiger partial charge in [0.05, 0.1) is 20.8 Å². The Balaban J connectivity index is 1.94. The Morgan fingerprint density at radius 3 is 2.71 bits per heavy atom. The number of benzene rings is 1. The lowest BCUT2D eigenvalue weighted by molar-refractivity contribution is 0.512. The molecule has 0 spiro atoms. The predicted octanol–water partition coefficient (Wildman–Crippen LogP) is 3.37. The Bertz CT molecular complexity index is 1050. The van der Waals surface area contributed by atoms with Crippen molar-refractivity contribution in [3.05, 3.63) is 50.1 Å². The Morgan fingerprint density at radius 2 is 2.08 bits per heavy atom. The molecule has 0 unspecified atom stereocenters. The van der Waals surface area contributed by atoms with Crippen molar-refractivity contribution in [2.24, 2.45) is 0 Å². The summed E-state index contributed by atoms with van der Waals surface area (Å²) in [5.41, 5.74) is 0.816. The van der Waals surface area contributed by atoms with E-state index >= 15 is 0 Å². The van der Waals surface area contributed by atoms with E-state index in [1.54, 1.807) is 25.1 Å².